The van der Waals surface area contributed by atoms with Gasteiger partial charge in [-0.3, -0.25) is 0 Å². The Bertz CT molecular complexity index is 565. The Morgan fingerprint density at radius 1 is 1.05 bits per heavy atom. The molecule has 0 radical (unpaired) electrons. The Labute approximate surface area is 114 Å². The van der Waals surface area contributed by atoms with Gasteiger partial charge in [-0.2, -0.15) is 5.26 Å². The van der Waals surface area contributed by atoms with Crippen molar-refractivity contribution in [1.82, 2.24) is 5.32 Å². The molecule has 0 bridgehead atoms. The SMILES string of the molecule is CCCNCc1ccc(-c2cccc(C#N)c2)cc1. The Morgan fingerprint density at radius 3 is 2.53 bits per heavy atom. The van der Waals surface area contributed by atoms with Gasteiger partial charge in [-0.1, -0.05) is 43.3 Å². The molecule has 0 fully saturated rings. The van der Waals surface area contributed by atoms with E-state index < -0.39 is 0 Å². The van der Waals surface area contributed by atoms with Crippen molar-refractivity contribution in [3.8, 4) is 17.2 Å². The predicted molar refractivity (Wildman–Crippen MR) is 78.6 cm³/mol. The largest absolute Gasteiger partial charge is 0.313 e. The Balaban J connectivity index is 2.11. The normalized spacial score (nSPS) is 10.1. The molecule has 2 aromatic rings. The van der Waals surface area contributed by atoms with E-state index >= 15 is 0 Å². The summed E-state index contributed by atoms with van der Waals surface area (Å²) >= 11 is 0. The van der Waals surface area contributed by atoms with Gasteiger partial charge in [0.1, 0.15) is 0 Å². The maximum atomic E-state index is 8.92. The highest BCUT2D eigenvalue weighted by molar-refractivity contribution is 5.65. The van der Waals surface area contributed by atoms with E-state index in [1.807, 2.05) is 24.3 Å². The van der Waals surface area contributed by atoms with Crippen molar-refractivity contribution in [2.24, 2.45) is 0 Å². The molecule has 2 rings (SSSR count). The van der Waals surface area contributed by atoms with Gasteiger partial charge in [0, 0.05) is 6.54 Å². The van der Waals surface area contributed by atoms with Gasteiger partial charge in [-0.15, -0.1) is 0 Å². The van der Waals surface area contributed by atoms with Crippen LogP contribution in [0.3, 0.4) is 0 Å². The Hall–Kier alpha value is -2.11. The van der Waals surface area contributed by atoms with Crippen LogP contribution in [0.5, 0.6) is 0 Å². The average Bonchev–Trinajstić information content (AvgIpc) is 2.48. The number of nitriles is 1. The van der Waals surface area contributed by atoms with Crippen molar-refractivity contribution in [2.45, 2.75) is 19.9 Å². The summed E-state index contributed by atoms with van der Waals surface area (Å²) < 4.78 is 0. The van der Waals surface area contributed by atoms with Gasteiger partial charge in [0.2, 0.25) is 0 Å². The fraction of sp³-hybridized carbons (Fsp3) is 0.235. The van der Waals surface area contributed by atoms with Crippen LogP contribution in [0, 0.1) is 11.3 Å². The minimum Gasteiger partial charge on any atom is -0.313 e. The van der Waals surface area contributed by atoms with Crippen LogP contribution in [0.1, 0.15) is 24.5 Å². The van der Waals surface area contributed by atoms with Crippen LogP contribution in [0.15, 0.2) is 48.5 Å². The molecule has 2 heteroatoms. The highest BCUT2D eigenvalue weighted by atomic mass is 14.8. The number of benzene rings is 2. The summed E-state index contributed by atoms with van der Waals surface area (Å²) in [5.41, 5.74) is 4.23. The van der Waals surface area contributed by atoms with Crippen molar-refractivity contribution < 1.29 is 0 Å². The van der Waals surface area contributed by atoms with E-state index in [0.29, 0.717) is 5.56 Å². The molecular weight excluding hydrogens is 232 g/mol. The average molecular weight is 250 g/mol. The van der Waals surface area contributed by atoms with Gasteiger partial charge in [-0.25, -0.2) is 0 Å². The van der Waals surface area contributed by atoms with Crippen LogP contribution in [0.4, 0.5) is 0 Å². The van der Waals surface area contributed by atoms with Gasteiger partial charge in [-0.05, 0) is 41.8 Å². The highest BCUT2D eigenvalue weighted by Crippen LogP contribution is 2.20. The minimum atomic E-state index is 0.700. The van der Waals surface area contributed by atoms with Crippen LogP contribution in [0.2, 0.25) is 0 Å². The molecular formula is C17H18N2. The summed E-state index contributed by atoms with van der Waals surface area (Å²) in [6.45, 7) is 4.12. The number of hydrogen-bond acceptors (Lipinski definition) is 2. The Kier molecular flexibility index (Phi) is 4.72. The summed E-state index contributed by atoms with van der Waals surface area (Å²) in [5.74, 6) is 0. The zero-order valence-corrected chi connectivity index (χ0v) is 11.2. The lowest BCUT2D eigenvalue weighted by Crippen LogP contribution is -2.13. The maximum Gasteiger partial charge on any atom is 0.0991 e. The third-order valence-corrected chi connectivity index (χ3v) is 3.03. The summed E-state index contributed by atoms with van der Waals surface area (Å²) in [6, 6.07) is 18.4. The van der Waals surface area contributed by atoms with Gasteiger partial charge in [0.25, 0.3) is 0 Å². The number of hydrogen-bond donors (Lipinski definition) is 1. The molecule has 2 nitrogen and oxygen atoms in total. The third kappa shape index (κ3) is 3.67. The van der Waals surface area contributed by atoms with Crippen LogP contribution in [-0.2, 0) is 6.54 Å². The predicted octanol–water partition coefficient (Wildman–Crippen LogP) is 3.72. The van der Waals surface area contributed by atoms with E-state index in [9.17, 15) is 0 Å². The molecule has 0 aliphatic rings. The molecule has 96 valence electrons. The first-order valence-electron chi connectivity index (χ1n) is 6.63. The van der Waals surface area contributed by atoms with Crippen LogP contribution in [-0.4, -0.2) is 6.54 Å². The number of rotatable bonds is 5. The number of nitrogens with zero attached hydrogens (tertiary/aromatic N) is 1. The summed E-state index contributed by atoms with van der Waals surface area (Å²) in [5, 5.41) is 12.3. The van der Waals surface area contributed by atoms with Gasteiger partial charge in [0.15, 0.2) is 0 Å². The molecule has 0 unspecified atom stereocenters. The zero-order valence-electron chi connectivity index (χ0n) is 11.2. The summed E-state index contributed by atoms with van der Waals surface area (Å²) in [7, 11) is 0. The molecule has 0 amide bonds. The fourth-order valence-electron chi connectivity index (χ4n) is 1.99. The van der Waals surface area contributed by atoms with Gasteiger partial charge < -0.3 is 5.32 Å². The lowest BCUT2D eigenvalue weighted by molar-refractivity contribution is 0.675. The molecule has 0 aliphatic carbocycles. The van der Waals surface area contributed by atoms with E-state index in [1.165, 1.54) is 5.56 Å². The Morgan fingerprint density at radius 2 is 1.84 bits per heavy atom. The van der Waals surface area contributed by atoms with E-state index in [-0.39, 0.29) is 0 Å². The molecule has 0 heterocycles. The maximum absolute atomic E-state index is 8.92. The molecule has 0 saturated heterocycles. The lowest BCUT2D eigenvalue weighted by Gasteiger charge is -2.06. The molecule has 0 aliphatic heterocycles. The standard InChI is InChI=1S/C17H18N2/c1-2-10-19-13-14-6-8-16(9-7-14)17-5-3-4-15(11-17)12-18/h3-9,11,19H,2,10,13H2,1H3. The van der Waals surface area contributed by atoms with Crippen molar-refractivity contribution in [3.05, 3.63) is 59.7 Å². The third-order valence-electron chi connectivity index (χ3n) is 3.03. The molecule has 0 spiro atoms. The van der Waals surface area contributed by atoms with Crippen LogP contribution >= 0.6 is 0 Å². The van der Waals surface area contributed by atoms with Gasteiger partial charge >= 0.3 is 0 Å². The second kappa shape index (κ2) is 6.72. The first-order valence-corrected chi connectivity index (χ1v) is 6.63. The topological polar surface area (TPSA) is 35.8 Å². The molecule has 0 saturated carbocycles. The second-order valence-corrected chi connectivity index (χ2v) is 4.57. The van der Waals surface area contributed by atoms with Crippen LogP contribution < -0.4 is 5.32 Å². The monoisotopic (exact) mass is 250 g/mol. The minimum absolute atomic E-state index is 0.700. The van der Waals surface area contributed by atoms with Crippen molar-refractivity contribution in [3.63, 3.8) is 0 Å². The summed E-state index contributed by atoms with van der Waals surface area (Å²) in [4.78, 5) is 0. The molecule has 0 aromatic heterocycles. The second-order valence-electron chi connectivity index (χ2n) is 4.57. The number of nitrogens with one attached hydrogen (secondary N) is 1. The van der Waals surface area contributed by atoms with E-state index in [1.54, 1.807) is 0 Å². The van der Waals surface area contributed by atoms with E-state index in [2.05, 4.69) is 42.6 Å². The quantitative estimate of drug-likeness (QED) is 0.821. The lowest BCUT2D eigenvalue weighted by atomic mass is 10.0. The summed E-state index contributed by atoms with van der Waals surface area (Å²) in [6.07, 6.45) is 1.15. The van der Waals surface area contributed by atoms with Crippen molar-refractivity contribution in [1.29, 1.82) is 5.26 Å². The van der Waals surface area contributed by atoms with Crippen molar-refractivity contribution in [2.75, 3.05) is 6.54 Å². The molecule has 0 atom stereocenters. The fourth-order valence-corrected chi connectivity index (χ4v) is 1.99. The smallest absolute Gasteiger partial charge is 0.0991 e. The zero-order chi connectivity index (χ0) is 13.5. The van der Waals surface area contributed by atoms with E-state index in [0.717, 1.165) is 30.6 Å². The molecule has 1 N–H and O–H groups in total. The molecule has 19 heavy (non-hydrogen) atoms. The molecule has 2 aromatic carbocycles. The van der Waals surface area contributed by atoms with E-state index in [4.69, 9.17) is 5.26 Å². The highest BCUT2D eigenvalue weighted by Gasteiger charge is 1.99. The van der Waals surface area contributed by atoms with Crippen LogP contribution in [0.25, 0.3) is 11.1 Å². The van der Waals surface area contributed by atoms with Crippen molar-refractivity contribution >= 4 is 0 Å². The van der Waals surface area contributed by atoms with Gasteiger partial charge in [0.05, 0.1) is 11.6 Å². The first-order chi connectivity index (χ1) is 9.33. The first kappa shape index (κ1) is 13.3.